The monoisotopic (exact) mass is 252 g/mol. The van der Waals surface area contributed by atoms with Crippen LogP contribution in [0.1, 0.15) is 28.8 Å². The molecule has 1 heterocycles. The van der Waals surface area contributed by atoms with Crippen molar-refractivity contribution in [2.24, 2.45) is 0 Å². The van der Waals surface area contributed by atoms with Gasteiger partial charge in [0.1, 0.15) is 0 Å². The maximum absolute atomic E-state index is 12.1. The highest BCUT2D eigenvalue weighted by molar-refractivity contribution is 6.00. The van der Waals surface area contributed by atoms with Gasteiger partial charge in [0.15, 0.2) is 0 Å². The second-order valence-corrected chi connectivity index (χ2v) is 4.60. The van der Waals surface area contributed by atoms with Crippen molar-refractivity contribution in [3.63, 3.8) is 0 Å². The highest BCUT2D eigenvalue weighted by Gasteiger charge is 2.25. The van der Waals surface area contributed by atoms with E-state index in [0.717, 1.165) is 18.4 Å². The van der Waals surface area contributed by atoms with Gasteiger partial charge >= 0.3 is 0 Å². The van der Waals surface area contributed by atoms with Crippen molar-refractivity contribution in [3.05, 3.63) is 41.6 Å². The minimum atomic E-state index is -0.101. The first-order valence-electron chi connectivity index (χ1n) is 6.12. The molecular weight excluding hydrogens is 240 g/mol. The summed E-state index contributed by atoms with van der Waals surface area (Å²) in [5.41, 5.74) is 2.66. The number of carbonyl (C=O) groups excluding carboxylic acids is 1. The molecular formula is C14H12N4O. The number of amides is 1. The average Bonchev–Trinajstić information content (AvgIpc) is 3.11. The summed E-state index contributed by atoms with van der Waals surface area (Å²) in [6.07, 6.45) is 3.64. The molecule has 5 heteroatoms. The van der Waals surface area contributed by atoms with Gasteiger partial charge in [-0.2, -0.15) is 10.4 Å². The van der Waals surface area contributed by atoms with Gasteiger partial charge in [-0.05, 0) is 25.0 Å². The Morgan fingerprint density at radius 2 is 2.11 bits per heavy atom. The van der Waals surface area contributed by atoms with E-state index in [-0.39, 0.29) is 5.91 Å². The molecule has 0 atom stereocenters. The molecule has 0 radical (unpaired) electrons. The summed E-state index contributed by atoms with van der Waals surface area (Å²) in [6, 6.07) is 9.44. The van der Waals surface area contributed by atoms with Crippen LogP contribution in [0.25, 0.3) is 11.3 Å². The van der Waals surface area contributed by atoms with Crippen molar-refractivity contribution in [3.8, 4) is 17.3 Å². The van der Waals surface area contributed by atoms with E-state index in [2.05, 4.69) is 21.6 Å². The molecule has 0 unspecified atom stereocenters. The number of aromatic amines is 1. The van der Waals surface area contributed by atoms with E-state index in [1.165, 1.54) is 6.20 Å². The molecule has 2 aromatic rings. The zero-order valence-corrected chi connectivity index (χ0v) is 10.2. The quantitative estimate of drug-likeness (QED) is 0.874. The van der Waals surface area contributed by atoms with Crippen molar-refractivity contribution in [1.29, 1.82) is 5.26 Å². The minimum Gasteiger partial charge on any atom is -0.349 e. The van der Waals surface area contributed by atoms with Crippen LogP contribution in [-0.2, 0) is 0 Å². The lowest BCUT2D eigenvalue weighted by atomic mass is 10.1. The number of rotatable bonds is 3. The standard InChI is InChI=1S/C14H12N4O/c15-7-9-1-3-10(4-2-9)13-12(8-16-18-13)14(19)17-11-5-6-11/h1-4,8,11H,5-6H2,(H,16,18)(H,17,19). The highest BCUT2D eigenvalue weighted by atomic mass is 16.1. The fourth-order valence-electron chi connectivity index (χ4n) is 1.88. The Labute approximate surface area is 110 Å². The predicted molar refractivity (Wildman–Crippen MR) is 69.2 cm³/mol. The fourth-order valence-corrected chi connectivity index (χ4v) is 1.88. The van der Waals surface area contributed by atoms with E-state index in [1.807, 2.05) is 0 Å². The lowest BCUT2D eigenvalue weighted by molar-refractivity contribution is 0.0952. The summed E-state index contributed by atoms with van der Waals surface area (Å²) < 4.78 is 0. The number of nitriles is 1. The molecule has 2 N–H and O–H groups in total. The van der Waals surface area contributed by atoms with Crippen molar-refractivity contribution in [1.82, 2.24) is 15.5 Å². The molecule has 1 fully saturated rings. The number of H-pyrrole nitrogens is 1. The SMILES string of the molecule is N#Cc1ccc(-c2[nH]ncc2C(=O)NC2CC2)cc1. The Bertz CT molecular complexity index is 647. The number of benzene rings is 1. The number of nitrogens with zero attached hydrogens (tertiary/aromatic N) is 2. The summed E-state index contributed by atoms with van der Waals surface area (Å²) in [7, 11) is 0. The summed E-state index contributed by atoms with van der Waals surface area (Å²) in [5, 5.41) is 18.5. The molecule has 1 aliphatic carbocycles. The third-order valence-corrected chi connectivity index (χ3v) is 3.10. The van der Waals surface area contributed by atoms with Gasteiger partial charge in [-0.1, -0.05) is 12.1 Å². The largest absolute Gasteiger partial charge is 0.349 e. The van der Waals surface area contributed by atoms with Crippen LogP contribution in [0, 0.1) is 11.3 Å². The van der Waals surface area contributed by atoms with Gasteiger partial charge < -0.3 is 5.32 Å². The molecule has 0 spiro atoms. The van der Waals surface area contributed by atoms with Crippen LogP contribution in [0.15, 0.2) is 30.5 Å². The van der Waals surface area contributed by atoms with Gasteiger partial charge in [-0.3, -0.25) is 9.89 Å². The average molecular weight is 252 g/mol. The van der Waals surface area contributed by atoms with Crippen LogP contribution >= 0.6 is 0 Å². The first-order chi connectivity index (χ1) is 9.28. The van der Waals surface area contributed by atoms with E-state index in [9.17, 15) is 4.79 Å². The number of carbonyl (C=O) groups is 1. The van der Waals surface area contributed by atoms with Crippen LogP contribution in [0.2, 0.25) is 0 Å². The Kier molecular flexibility index (Phi) is 2.76. The van der Waals surface area contributed by atoms with E-state index in [1.54, 1.807) is 24.3 Å². The topological polar surface area (TPSA) is 81.6 Å². The molecule has 0 aliphatic heterocycles. The third-order valence-electron chi connectivity index (χ3n) is 3.10. The van der Waals surface area contributed by atoms with E-state index >= 15 is 0 Å². The molecule has 3 rings (SSSR count). The zero-order valence-electron chi connectivity index (χ0n) is 10.2. The first-order valence-corrected chi connectivity index (χ1v) is 6.12. The predicted octanol–water partition coefficient (Wildman–Crippen LogP) is 1.84. The van der Waals surface area contributed by atoms with Crippen molar-refractivity contribution < 1.29 is 4.79 Å². The van der Waals surface area contributed by atoms with E-state index in [4.69, 9.17) is 5.26 Å². The van der Waals surface area contributed by atoms with Gasteiger partial charge in [-0.25, -0.2) is 0 Å². The molecule has 1 amide bonds. The van der Waals surface area contributed by atoms with Crippen LogP contribution < -0.4 is 5.32 Å². The van der Waals surface area contributed by atoms with Gasteiger partial charge in [0.05, 0.1) is 29.1 Å². The van der Waals surface area contributed by atoms with Gasteiger partial charge in [-0.15, -0.1) is 0 Å². The third kappa shape index (κ3) is 2.33. The number of aromatic nitrogens is 2. The molecule has 0 bridgehead atoms. The summed E-state index contributed by atoms with van der Waals surface area (Å²) in [6.45, 7) is 0. The number of hydrogen-bond acceptors (Lipinski definition) is 3. The molecule has 19 heavy (non-hydrogen) atoms. The Balaban J connectivity index is 1.89. The molecule has 1 aromatic heterocycles. The summed E-state index contributed by atoms with van der Waals surface area (Å²) >= 11 is 0. The second kappa shape index (κ2) is 4.58. The normalized spacial score (nSPS) is 13.8. The van der Waals surface area contributed by atoms with Crippen molar-refractivity contribution in [2.45, 2.75) is 18.9 Å². The molecule has 1 aromatic carbocycles. The molecule has 94 valence electrons. The minimum absolute atomic E-state index is 0.101. The summed E-state index contributed by atoms with van der Waals surface area (Å²) in [5.74, 6) is -0.101. The maximum atomic E-state index is 12.1. The van der Waals surface area contributed by atoms with Crippen molar-refractivity contribution >= 4 is 5.91 Å². The second-order valence-electron chi connectivity index (χ2n) is 4.60. The zero-order chi connectivity index (χ0) is 13.2. The molecule has 5 nitrogen and oxygen atoms in total. The van der Waals surface area contributed by atoms with Gasteiger partial charge in [0, 0.05) is 11.6 Å². The van der Waals surface area contributed by atoms with Crippen LogP contribution in [-0.4, -0.2) is 22.1 Å². The number of hydrogen-bond donors (Lipinski definition) is 2. The number of nitrogens with one attached hydrogen (secondary N) is 2. The smallest absolute Gasteiger partial charge is 0.255 e. The Hall–Kier alpha value is -2.61. The van der Waals surface area contributed by atoms with Gasteiger partial charge in [0.25, 0.3) is 5.91 Å². The highest BCUT2D eigenvalue weighted by Crippen LogP contribution is 2.24. The lowest BCUT2D eigenvalue weighted by Gasteiger charge is -2.04. The summed E-state index contributed by atoms with van der Waals surface area (Å²) in [4.78, 5) is 12.1. The van der Waals surface area contributed by atoms with Crippen molar-refractivity contribution in [2.75, 3.05) is 0 Å². The van der Waals surface area contributed by atoms with Crippen LogP contribution in [0.3, 0.4) is 0 Å². The Morgan fingerprint density at radius 1 is 1.37 bits per heavy atom. The van der Waals surface area contributed by atoms with E-state index in [0.29, 0.717) is 22.9 Å². The molecule has 1 aliphatic rings. The fraction of sp³-hybridized carbons (Fsp3) is 0.214. The van der Waals surface area contributed by atoms with Gasteiger partial charge in [0.2, 0.25) is 0 Å². The Morgan fingerprint density at radius 3 is 2.74 bits per heavy atom. The van der Waals surface area contributed by atoms with Crippen LogP contribution in [0.4, 0.5) is 0 Å². The molecule has 1 saturated carbocycles. The van der Waals surface area contributed by atoms with Crippen LogP contribution in [0.5, 0.6) is 0 Å². The maximum Gasteiger partial charge on any atom is 0.255 e. The first kappa shape index (κ1) is 11.5. The lowest BCUT2D eigenvalue weighted by Crippen LogP contribution is -2.25. The van der Waals surface area contributed by atoms with E-state index < -0.39 is 0 Å². The molecule has 0 saturated heterocycles.